The molecule has 0 bridgehead atoms. The first-order valence-electron chi connectivity index (χ1n) is 21.7. The third-order valence-electron chi connectivity index (χ3n) is 11.8. The number of anilines is 5. The summed E-state index contributed by atoms with van der Waals surface area (Å²) in [4.78, 5) is 69.8. The molecule has 0 spiro atoms. The van der Waals surface area contributed by atoms with E-state index in [4.69, 9.17) is 14.5 Å². The van der Waals surface area contributed by atoms with Gasteiger partial charge in [0, 0.05) is 87.0 Å². The van der Waals surface area contributed by atoms with Crippen LogP contribution in [0.4, 0.5) is 29.0 Å². The van der Waals surface area contributed by atoms with Gasteiger partial charge in [0.2, 0.25) is 11.9 Å². The number of ether oxygens (including phenoxy) is 2. The predicted molar refractivity (Wildman–Crippen MR) is 242 cm³/mol. The number of nitrogens with one attached hydrogen (secondary N) is 4. The van der Waals surface area contributed by atoms with E-state index in [1.54, 1.807) is 34.6 Å². The maximum Gasteiger partial charge on any atom is 0.263 e. The lowest BCUT2D eigenvalue weighted by molar-refractivity contribution is -0.122. The summed E-state index contributed by atoms with van der Waals surface area (Å²) in [5.74, 6) is 0.910. The Morgan fingerprint density at radius 1 is 0.857 bits per heavy atom. The van der Waals surface area contributed by atoms with Crippen molar-refractivity contribution in [1.82, 2.24) is 39.5 Å². The highest BCUT2D eigenvalue weighted by atomic mass is 16.5. The van der Waals surface area contributed by atoms with Gasteiger partial charge in [-0.1, -0.05) is 18.9 Å². The normalized spacial score (nSPS) is 14.6. The fraction of sp³-hybridized carbons (Fsp3) is 0.467. The number of aryl methyl sites for hydroxylation is 3. The number of carbonyl (C=O) groups is 3. The number of aromatic nitrogens is 6. The van der Waals surface area contributed by atoms with E-state index < -0.39 is 0 Å². The lowest BCUT2D eigenvalue weighted by atomic mass is 10.0. The zero-order valence-corrected chi connectivity index (χ0v) is 36.8. The van der Waals surface area contributed by atoms with Crippen molar-refractivity contribution in [3.63, 3.8) is 0 Å². The Morgan fingerprint density at radius 3 is 2.29 bits per heavy atom. The number of fused-ring (bicyclic) bond motifs is 1. The summed E-state index contributed by atoms with van der Waals surface area (Å²) in [6, 6.07) is 11.3. The molecular formula is C45H58N12O6. The van der Waals surface area contributed by atoms with Crippen LogP contribution in [0.25, 0.3) is 11.0 Å². The first kappa shape index (κ1) is 44.8. The van der Waals surface area contributed by atoms with Gasteiger partial charge in [0.05, 0.1) is 50.4 Å². The van der Waals surface area contributed by atoms with E-state index in [1.165, 1.54) is 6.92 Å². The highest BCUT2D eigenvalue weighted by Gasteiger charge is 2.26. The average Bonchev–Trinajstić information content (AvgIpc) is 3.91. The molecule has 5 heterocycles. The standard InChI is InChI=1S/C45H58N12O6/c1-29-25-39(53-54(29)5)50-43(60)35-11-8-12-37(30(35)2)46-15-21-62-23-24-63-22-16-47-40(59)28-55-17-19-56(20-18-55)34-13-14-38(48-26-34)51-45-49-27-36-31(3)41(32(4)58)44(61)57(42(36)52-45)33-9-6-7-10-33/h8,11-14,25-27,33,46H,6-7,9-10,15-24,28H2,1-5H3,(H,47,59)(H,50,53,60)(H,48,49,51,52). The number of piperazine rings is 1. The van der Waals surface area contributed by atoms with Gasteiger partial charge in [-0.2, -0.15) is 10.1 Å². The molecule has 7 rings (SSSR count). The van der Waals surface area contributed by atoms with E-state index in [2.05, 4.69) is 46.1 Å². The van der Waals surface area contributed by atoms with E-state index in [1.807, 2.05) is 51.2 Å². The van der Waals surface area contributed by atoms with Crippen LogP contribution < -0.4 is 31.7 Å². The number of pyridine rings is 2. The van der Waals surface area contributed by atoms with E-state index >= 15 is 0 Å². The maximum absolute atomic E-state index is 13.6. The predicted octanol–water partition coefficient (Wildman–Crippen LogP) is 4.54. The Kier molecular flexibility index (Phi) is 14.8. The van der Waals surface area contributed by atoms with Crippen LogP contribution in [0.15, 0.2) is 53.6 Å². The quantitative estimate of drug-likeness (QED) is 0.0666. The fourth-order valence-electron chi connectivity index (χ4n) is 8.21. The van der Waals surface area contributed by atoms with Crippen molar-refractivity contribution in [3.05, 3.63) is 87.1 Å². The lowest BCUT2D eigenvalue weighted by Crippen LogP contribution is -2.49. The molecule has 1 aromatic carbocycles. The van der Waals surface area contributed by atoms with Crippen molar-refractivity contribution < 1.29 is 23.9 Å². The van der Waals surface area contributed by atoms with Gasteiger partial charge in [-0.05, 0) is 75.9 Å². The molecule has 1 aliphatic carbocycles. The summed E-state index contributed by atoms with van der Waals surface area (Å²) in [7, 11) is 1.83. The first-order valence-corrected chi connectivity index (χ1v) is 21.7. The summed E-state index contributed by atoms with van der Waals surface area (Å²) in [6.07, 6.45) is 7.30. The Morgan fingerprint density at radius 2 is 1.60 bits per heavy atom. The van der Waals surface area contributed by atoms with Gasteiger partial charge in [-0.25, -0.2) is 9.97 Å². The number of hydrogen-bond acceptors (Lipinski definition) is 14. The van der Waals surface area contributed by atoms with E-state index in [9.17, 15) is 19.2 Å². The van der Waals surface area contributed by atoms with Gasteiger partial charge in [0.15, 0.2) is 11.6 Å². The molecule has 1 aliphatic heterocycles. The van der Waals surface area contributed by atoms with Crippen LogP contribution in [-0.4, -0.2) is 124 Å². The van der Waals surface area contributed by atoms with Crippen LogP contribution in [0, 0.1) is 20.8 Å². The van der Waals surface area contributed by atoms with Crippen molar-refractivity contribution in [2.45, 2.75) is 59.4 Å². The molecule has 2 amide bonds. The molecule has 1 saturated heterocycles. The molecular weight excluding hydrogens is 805 g/mol. The number of carbonyl (C=O) groups excluding carboxylic acids is 3. The second kappa shape index (κ2) is 20.8. The van der Waals surface area contributed by atoms with Gasteiger partial charge < -0.3 is 35.6 Å². The minimum absolute atomic E-state index is 0.000616. The SMILES string of the molecule is CC(=O)c1c(C)c2cnc(Nc3ccc(N4CCN(CC(=O)NCCOCCOCCNc5cccc(C(=O)Nc6cc(C)n(C)n6)c5C)CC4)cn3)nc2n(C2CCCC2)c1=O. The number of Topliss-reactive ketones (excluding diaryl/α,β-unsaturated/α-hetero) is 1. The highest BCUT2D eigenvalue weighted by molar-refractivity contribution is 6.05. The summed E-state index contributed by atoms with van der Waals surface area (Å²) in [5, 5.41) is 17.3. The molecule has 2 aliphatic rings. The molecule has 0 unspecified atom stereocenters. The smallest absolute Gasteiger partial charge is 0.263 e. The van der Waals surface area contributed by atoms with Gasteiger partial charge >= 0.3 is 0 Å². The van der Waals surface area contributed by atoms with E-state index in [0.29, 0.717) is 85.8 Å². The van der Waals surface area contributed by atoms with Crippen LogP contribution in [0.1, 0.15) is 76.2 Å². The Hall–Kier alpha value is -6.24. The molecule has 18 nitrogen and oxygen atoms in total. The van der Waals surface area contributed by atoms with E-state index in [-0.39, 0.29) is 34.8 Å². The average molecular weight is 863 g/mol. The second-order valence-electron chi connectivity index (χ2n) is 16.1. The topological polar surface area (TPSA) is 203 Å². The zero-order valence-electron chi connectivity index (χ0n) is 36.8. The molecule has 2 fully saturated rings. The van der Waals surface area contributed by atoms with Crippen LogP contribution >= 0.6 is 0 Å². The number of nitrogens with zero attached hydrogens (tertiary/aromatic N) is 8. The van der Waals surface area contributed by atoms with Gasteiger partial charge in [-0.3, -0.25) is 33.3 Å². The highest BCUT2D eigenvalue weighted by Crippen LogP contribution is 2.32. The largest absolute Gasteiger partial charge is 0.382 e. The van der Waals surface area contributed by atoms with Crippen LogP contribution in [0.2, 0.25) is 0 Å². The molecule has 5 aromatic rings. The van der Waals surface area contributed by atoms with Crippen molar-refractivity contribution in [1.29, 1.82) is 0 Å². The zero-order chi connectivity index (χ0) is 44.5. The van der Waals surface area contributed by atoms with Gasteiger partial charge in [-0.15, -0.1) is 0 Å². The molecule has 334 valence electrons. The summed E-state index contributed by atoms with van der Waals surface area (Å²) < 4.78 is 14.8. The number of benzene rings is 1. The van der Waals surface area contributed by atoms with Crippen LogP contribution in [0.3, 0.4) is 0 Å². The minimum Gasteiger partial charge on any atom is -0.382 e. The summed E-state index contributed by atoms with van der Waals surface area (Å²) in [6.45, 7) is 13.0. The second-order valence-corrected chi connectivity index (χ2v) is 16.1. The molecule has 18 heteroatoms. The van der Waals surface area contributed by atoms with Crippen molar-refractivity contribution in [2.24, 2.45) is 7.05 Å². The molecule has 1 saturated carbocycles. The summed E-state index contributed by atoms with van der Waals surface area (Å²) in [5.41, 5.74) is 5.27. The Labute approximate surface area is 366 Å². The third kappa shape index (κ3) is 11.1. The monoisotopic (exact) mass is 862 g/mol. The van der Waals surface area contributed by atoms with Crippen molar-refractivity contribution in [3.8, 4) is 0 Å². The lowest BCUT2D eigenvalue weighted by Gasteiger charge is -2.35. The molecule has 4 aromatic heterocycles. The number of ketones is 1. The van der Waals surface area contributed by atoms with Gasteiger partial charge in [0.25, 0.3) is 11.5 Å². The molecule has 0 radical (unpaired) electrons. The van der Waals surface area contributed by atoms with Crippen molar-refractivity contribution >= 4 is 57.6 Å². The number of rotatable bonds is 19. The molecule has 4 N–H and O–H groups in total. The maximum atomic E-state index is 13.6. The Balaban J connectivity index is 0.767. The summed E-state index contributed by atoms with van der Waals surface area (Å²) >= 11 is 0. The van der Waals surface area contributed by atoms with Crippen LogP contribution in [-0.2, 0) is 21.3 Å². The van der Waals surface area contributed by atoms with E-state index in [0.717, 1.165) is 74.5 Å². The third-order valence-corrected chi connectivity index (χ3v) is 11.8. The fourth-order valence-corrected chi connectivity index (χ4v) is 8.21. The first-order chi connectivity index (χ1) is 30.5. The number of hydrogen-bond donors (Lipinski definition) is 4. The molecule has 0 atom stereocenters. The van der Waals surface area contributed by atoms with Gasteiger partial charge in [0.1, 0.15) is 11.5 Å². The van der Waals surface area contributed by atoms with Crippen LogP contribution in [0.5, 0.6) is 0 Å². The molecule has 63 heavy (non-hydrogen) atoms. The minimum atomic E-state index is -0.283. The van der Waals surface area contributed by atoms with Crippen molar-refractivity contribution in [2.75, 3.05) is 93.1 Å². The number of amides is 2. The Bertz CT molecular complexity index is 2450.